The summed E-state index contributed by atoms with van der Waals surface area (Å²) >= 11 is 0. The Kier molecular flexibility index (Phi) is 12.6. The summed E-state index contributed by atoms with van der Waals surface area (Å²) in [6, 6.07) is 15.1. The van der Waals surface area contributed by atoms with Gasteiger partial charge in [0.15, 0.2) is 32.6 Å². The lowest BCUT2D eigenvalue weighted by atomic mass is 10.1. The molecule has 0 bridgehead atoms. The number of hydrogen-bond acceptors (Lipinski definition) is 9. The van der Waals surface area contributed by atoms with Crippen LogP contribution in [-0.4, -0.2) is 67.9 Å². The number of benzene rings is 2. The molecule has 2 aromatic rings. The molecule has 0 aromatic heterocycles. The number of carbonyl (C=O) groups is 1. The second-order valence-corrected chi connectivity index (χ2v) is 19.2. The first kappa shape index (κ1) is 33.7. The van der Waals surface area contributed by atoms with Crippen molar-refractivity contribution in [1.82, 2.24) is 0 Å². The molecule has 0 N–H and O–H groups in total. The minimum Gasteiger partial charge on any atom is -0.438 e. The molecule has 2 rings (SSSR count). The molecule has 0 amide bonds. The van der Waals surface area contributed by atoms with Gasteiger partial charge in [-0.3, -0.25) is 0 Å². The average molecular weight is 613 g/mol. The second kappa shape index (κ2) is 14.9. The van der Waals surface area contributed by atoms with Crippen molar-refractivity contribution in [3.63, 3.8) is 0 Å². The van der Waals surface area contributed by atoms with Crippen LogP contribution in [0.1, 0.15) is 26.7 Å². The number of hydrogen-bond donors (Lipinski definition) is 0. The smallest absolute Gasteiger partial charge is 0.438 e. The highest BCUT2D eigenvalue weighted by atomic mass is 32.3. The number of rotatable bonds is 15. The normalized spacial score (nSPS) is 15.1. The summed E-state index contributed by atoms with van der Waals surface area (Å²) in [4.78, 5) is 11.0. The molecule has 2 aromatic carbocycles. The van der Waals surface area contributed by atoms with E-state index in [-0.39, 0.29) is 22.8 Å². The quantitative estimate of drug-likeness (QED) is 0.148. The van der Waals surface area contributed by atoms with Gasteiger partial charge in [-0.25, -0.2) is 21.6 Å². The maximum absolute atomic E-state index is 13.9. The summed E-state index contributed by atoms with van der Waals surface area (Å²) in [7, 11) is -9.75. The van der Waals surface area contributed by atoms with Crippen LogP contribution in [0.2, 0.25) is 19.6 Å². The van der Waals surface area contributed by atoms with Gasteiger partial charge in [-0.1, -0.05) is 49.4 Å². The Morgan fingerprint density at radius 2 is 1.40 bits per heavy atom. The van der Waals surface area contributed by atoms with Gasteiger partial charge in [-0.15, -0.1) is 0 Å². The van der Waals surface area contributed by atoms with E-state index in [2.05, 4.69) is 4.74 Å². The van der Waals surface area contributed by atoms with Gasteiger partial charge in [-0.05, 0) is 63.3 Å². The molecule has 40 heavy (non-hydrogen) atoms. The van der Waals surface area contributed by atoms with E-state index in [0.717, 1.165) is 0 Å². The van der Waals surface area contributed by atoms with Crippen molar-refractivity contribution >= 4 is 34.1 Å². The van der Waals surface area contributed by atoms with Crippen molar-refractivity contribution in [2.75, 3.05) is 13.7 Å². The van der Waals surface area contributed by atoms with Crippen molar-refractivity contribution in [3.05, 3.63) is 72.8 Å². The summed E-state index contributed by atoms with van der Waals surface area (Å²) in [5, 5.41) is 0. The van der Waals surface area contributed by atoms with E-state index in [1.54, 1.807) is 55.5 Å². The van der Waals surface area contributed by atoms with Crippen LogP contribution >= 0.6 is 0 Å². The van der Waals surface area contributed by atoms with Crippen LogP contribution in [-0.2, 0) is 38.3 Å². The molecule has 12 heteroatoms. The van der Waals surface area contributed by atoms with E-state index in [0.29, 0.717) is 6.42 Å². The molecule has 0 saturated carbocycles. The summed E-state index contributed by atoms with van der Waals surface area (Å²) in [6.45, 7) is 9.47. The number of methoxy groups -OCH3 is 1. The molecular weight excluding hydrogens is 573 g/mol. The summed E-state index contributed by atoms with van der Waals surface area (Å²) in [6.07, 6.45) is 0.848. The Bertz CT molecular complexity index is 1240. The predicted molar refractivity (Wildman–Crippen MR) is 156 cm³/mol. The van der Waals surface area contributed by atoms with Crippen LogP contribution < -0.4 is 0 Å². The SMILES string of the molecule is CCC(/C=C\COC(=O)OC)O[C@H](C)[C@H](CC(S(=O)(=O)c1ccccc1)S(=O)(=O)c1ccccc1)O[Si](C)(C)C. The summed E-state index contributed by atoms with van der Waals surface area (Å²) < 4.78 is 75.6. The fourth-order valence-electron chi connectivity index (χ4n) is 3.95. The zero-order chi connectivity index (χ0) is 30.0. The Balaban J connectivity index is 2.46. The van der Waals surface area contributed by atoms with Gasteiger partial charge in [-0.2, -0.15) is 0 Å². The number of sulfone groups is 2. The first-order chi connectivity index (χ1) is 18.7. The largest absolute Gasteiger partial charge is 0.508 e. The number of carbonyl (C=O) groups excluding carboxylic acids is 1. The highest BCUT2D eigenvalue weighted by Gasteiger charge is 2.43. The maximum Gasteiger partial charge on any atom is 0.508 e. The van der Waals surface area contributed by atoms with E-state index in [1.807, 2.05) is 26.6 Å². The molecule has 0 aliphatic carbocycles. The Morgan fingerprint density at radius 1 is 0.900 bits per heavy atom. The van der Waals surface area contributed by atoms with Gasteiger partial charge in [0.25, 0.3) is 0 Å². The van der Waals surface area contributed by atoms with Crippen LogP contribution in [0.4, 0.5) is 4.79 Å². The third-order valence-corrected chi connectivity index (χ3v) is 12.1. The minimum atomic E-state index is -4.34. The van der Waals surface area contributed by atoms with Gasteiger partial charge >= 0.3 is 6.16 Å². The van der Waals surface area contributed by atoms with Gasteiger partial charge in [0.1, 0.15) is 6.61 Å². The van der Waals surface area contributed by atoms with Crippen LogP contribution in [0, 0.1) is 0 Å². The van der Waals surface area contributed by atoms with E-state index in [4.69, 9.17) is 13.9 Å². The highest BCUT2D eigenvalue weighted by Crippen LogP contribution is 2.32. The highest BCUT2D eigenvalue weighted by molar-refractivity contribution is 8.09. The third-order valence-electron chi connectivity index (χ3n) is 5.90. The number of ether oxygens (including phenoxy) is 3. The molecule has 0 radical (unpaired) electrons. The molecule has 0 saturated heterocycles. The zero-order valence-corrected chi connectivity index (χ0v) is 26.5. The maximum atomic E-state index is 13.9. The molecule has 9 nitrogen and oxygen atoms in total. The van der Waals surface area contributed by atoms with Crippen molar-refractivity contribution < 1.29 is 40.3 Å². The fraction of sp³-hybridized carbons (Fsp3) is 0.464. The molecule has 0 fully saturated rings. The van der Waals surface area contributed by atoms with Crippen molar-refractivity contribution in [3.8, 4) is 0 Å². The molecule has 222 valence electrons. The lowest BCUT2D eigenvalue weighted by Gasteiger charge is -2.34. The molecule has 0 spiro atoms. The van der Waals surface area contributed by atoms with E-state index >= 15 is 0 Å². The lowest BCUT2D eigenvalue weighted by molar-refractivity contribution is -0.0465. The first-order valence-corrected chi connectivity index (χ1v) is 19.5. The van der Waals surface area contributed by atoms with Crippen LogP contribution in [0.25, 0.3) is 0 Å². The van der Waals surface area contributed by atoms with E-state index < -0.39 is 57.0 Å². The predicted octanol–water partition coefficient (Wildman–Crippen LogP) is 5.39. The Labute approximate surface area is 239 Å². The van der Waals surface area contributed by atoms with Crippen LogP contribution in [0.3, 0.4) is 0 Å². The topological polar surface area (TPSA) is 122 Å². The molecule has 1 unspecified atom stereocenters. The zero-order valence-electron chi connectivity index (χ0n) is 23.8. The van der Waals surface area contributed by atoms with E-state index in [1.165, 1.54) is 31.4 Å². The second-order valence-electron chi connectivity index (χ2n) is 10.1. The fourth-order valence-corrected chi connectivity index (χ4v) is 9.71. The van der Waals surface area contributed by atoms with Gasteiger partial charge in [0.2, 0.25) is 0 Å². The monoisotopic (exact) mass is 612 g/mol. The van der Waals surface area contributed by atoms with Crippen LogP contribution in [0.5, 0.6) is 0 Å². The lowest BCUT2D eigenvalue weighted by Crippen LogP contribution is -2.45. The third kappa shape index (κ3) is 9.84. The summed E-state index contributed by atoms with van der Waals surface area (Å²) in [5.41, 5.74) is 0. The molecule has 0 aliphatic rings. The molecule has 0 aliphatic heterocycles. The van der Waals surface area contributed by atoms with Crippen LogP contribution in [0.15, 0.2) is 82.6 Å². The molecular formula is C28H40O9S2Si. The van der Waals surface area contributed by atoms with Crippen molar-refractivity contribution in [1.29, 1.82) is 0 Å². The summed E-state index contributed by atoms with van der Waals surface area (Å²) in [5.74, 6) is 0. The van der Waals surface area contributed by atoms with Crippen molar-refractivity contribution in [2.24, 2.45) is 0 Å². The molecule has 0 heterocycles. The standard InChI is InChI=1S/C28H40O9S2Si/c1-7-23(15-14-20-35-28(29)34-3)36-22(2)26(37-40(4,5)6)21-27(38(30,31)24-16-10-8-11-17-24)39(32,33)25-18-12-9-13-19-25/h8-19,22-23,26-27H,7,20-21H2,1-6H3/b15-14-/t22-,23?,26+/m1/s1. The minimum absolute atomic E-state index is 0.0114. The van der Waals surface area contributed by atoms with Gasteiger partial charge in [0.05, 0.1) is 35.2 Å². The molecule has 3 atom stereocenters. The van der Waals surface area contributed by atoms with Gasteiger partial charge in [0, 0.05) is 6.42 Å². The van der Waals surface area contributed by atoms with Gasteiger partial charge < -0.3 is 18.6 Å². The average Bonchev–Trinajstić information content (AvgIpc) is 2.92. The Morgan fingerprint density at radius 3 is 1.82 bits per heavy atom. The first-order valence-electron chi connectivity index (χ1n) is 13.0. The Hall–Kier alpha value is -2.51. The van der Waals surface area contributed by atoms with E-state index in [9.17, 15) is 21.6 Å². The van der Waals surface area contributed by atoms with Crippen molar-refractivity contribution in [2.45, 2.75) is 79.0 Å².